The fraction of sp³-hybridized carbons (Fsp3) is 0.861. The number of hydrogen-bond acceptors (Lipinski definition) is 2. The number of thioether (sulfide) groups is 1. The van der Waals surface area contributed by atoms with Crippen LogP contribution in [0.15, 0.2) is 23.1 Å². The first kappa shape index (κ1) is 33.7. The van der Waals surface area contributed by atoms with E-state index in [9.17, 15) is 4.79 Å². The summed E-state index contributed by atoms with van der Waals surface area (Å²) in [5.41, 5.74) is 2.81. The third kappa shape index (κ3) is 7.22. The van der Waals surface area contributed by atoms with Crippen LogP contribution < -0.4 is 0 Å². The Hall–Kier alpha value is -0.500. The Kier molecular flexibility index (Phi) is 11.5. The molecule has 0 aromatic rings. The first-order valence-corrected chi connectivity index (χ1v) is 16.9. The molecule has 0 aromatic heterocycles. The predicted molar refractivity (Wildman–Crippen MR) is 171 cm³/mol. The number of hydrogen-bond donors (Lipinski definition) is 0. The van der Waals surface area contributed by atoms with Gasteiger partial charge in [0.25, 0.3) is 0 Å². The van der Waals surface area contributed by atoms with Crippen molar-refractivity contribution in [1.82, 2.24) is 0 Å². The van der Waals surface area contributed by atoms with E-state index >= 15 is 0 Å². The van der Waals surface area contributed by atoms with Gasteiger partial charge in [-0.25, -0.2) is 0 Å². The van der Waals surface area contributed by atoms with E-state index in [1.807, 2.05) is 31.7 Å². The maximum Gasteiger partial charge on any atom is 0.142 e. The molecule has 0 aromatic carbocycles. The Morgan fingerprint density at radius 3 is 2.24 bits per heavy atom. The Morgan fingerprint density at radius 1 is 1.05 bits per heavy atom. The highest BCUT2D eigenvalue weighted by Gasteiger charge is 2.51. The van der Waals surface area contributed by atoms with Crippen molar-refractivity contribution in [3.05, 3.63) is 23.1 Å². The van der Waals surface area contributed by atoms with Crippen molar-refractivity contribution in [2.45, 2.75) is 146 Å². The highest BCUT2D eigenvalue weighted by molar-refractivity contribution is 8.03. The van der Waals surface area contributed by atoms with Crippen LogP contribution in [0.4, 0.5) is 0 Å². The summed E-state index contributed by atoms with van der Waals surface area (Å²) in [6.07, 6.45) is 14.6. The van der Waals surface area contributed by atoms with Gasteiger partial charge in [-0.2, -0.15) is 0 Å². The van der Waals surface area contributed by atoms with Crippen LogP contribution in [0.5, 0.6) is 0 Å². The smallest absolute Gasteiger partial charge is 0.142 e. The van der Waals surface area contributed by atoms with Crippen molar-refractivity contribution in [2.24, 2.45) is 51.2 Å². The molecule has 220 valence electrons. The minimum Gasteiger partial charge on any atom is -0.299 e. The third-order valence-electron chi connectivity index (χ3n) is 11.7. The standard InChI is InChI=1S/C34H58OS.C2H6/c1-23(2)36-25(4)26-13-19-34(11)20-14-28(27(16-21-35)29(34)22-26)31(5,6)18-15-30-32(7,8)17-12-24(3)33(30,9)10;1-2/h16,21,23-24,26,28-30H,4,12-15,17-20,22H2,1-3,5-11H3;1-2H3/b27-16+;. The molecule has 0 N–H and O–H groups in total. The van der Waals surface area contributed by atoms with Gasteiger partial charge in [0, 0.05) is 5.25 Å². The highest BCUT2D eigenvalue weighted by atomic mass is 32.2. The molecule has 0 amide bonds. The lowest BCUT2D eigenvalue weighted by molar-refractivity contribution is -0.104. The average molecular weight is 545 g/mol. The zero-order valence-corrected chi connectivity index (χ0v) is 28.3. The molecule has 0 bridgehead atoms. The van der Waals surface area contributed by atoms with E-state index in [-0.39, 0.29) is 5.41 Å². The summed E-state index contributed by atoms with van der Waals surface area (Å²) in [6.45, 7) is 33.2. The summed E-state index contributed by atoms with van der Waals surface area (Å²) in [4.78, 5) is 13.4. The lowest BCUT2D eigenvalue weighted by Crippen LogP contribution is -2.47. The zero-order chi connectivity index (χ0) is 29.1. The molecule has 3 rings (SSSR count). The maximum absolute atomic E-state index is 12.0. The molecule has 0 saturated heterocycles. The van der Waals surface area contributed by atoms with Crippen molar-refractivity contribution in [3.63, 3.8) is 0 Å². The molecule has 38 heavy (non-hydrogen) atoms. The molecule has 3 aliphatic rings. The SMILES string of the molecule is C=C(SC(C)C)C1CCC2(C)CCC(C(C)(C)CCC3C(C)(C)CCC(C)C3(C)C)/C(=C\C=O)C2C1.CC. The summed E-state index contributed by atoms with van der Waals surface area (Å²) in [6, 6.07) is 0. The molecule has 3 saturated carbocycles. The second-order valence-electron chi connectivity index (χ2n) is 15.5. The molecule has 0 spiro atoms. The van der Waals surface area contributed by atoms with E-state index in [2.05, 4.69) is 75.8 Å². The van der Waals surface area contributed by atoms with Crippen molar-refractivity contribution >= 4 is 18.0 Å². The molecule has 1 nitrogen and oxygen atoms in total. The average Bonchev–Trinajstić information content (AvgIpc) is 2.82. The molecular weight excluding hydrogens is 480 g/mol. The Balaban J connectivity index is 0.00000247. The summed E-state index contributed by atoms with van der Waals surface area (Å²) >= 11 is 1.96. The van der Waals surface area contributed by atoms with Crippen molar-refractivity contribution < 1.29 is 4.79 Å². The van der Waals surface area contributed by atoms with Gasteiger partial charge in [-0.3, -0.25) is 4.79 Å². The number of aldehydes is 1. The van der Waals surface area contributed by atoms with Gasteiger partial charge in [0.05, 0.1) is 0 Å². The lowest BCUT2D eigenvalue weighted by atomic mass is 9.49. The van der Waals surface area contributed by atoms with Gasteiger partial charge in [0.2, 0.25) is 0 Å². The van der Waals surface area contributed by atoms with Crippen molar-refractivity contribution in [2.75, 3.05) is 0 Å². The van der Waals surface area contributed by atoms with Crippen LogP contribution in [0.2, 0.25) is 0 Å². The first-order chi connectivity index (χ1) is 17.5. The fourth-order valence-corrected chi connectivity index (χ4v) is 9.88. The van der Waals surface area contributed by atoms with Crippen LogP contribution in [0.3, 0.4) is 0 Å². The molecule has 0 radical (unpaired) electrons. The lowest BCUT2D eigenvalue weighted by Gasteiger charge is -2.56. The highest BCUT2D eigenvalue weighted by Crippen LogP contribution is 2.61. The molecular formula is C36H64OS. The van der Waals surface area contributed by atoms with Gasteiger partial charge < -0.3 is 0 Å². The van der Waals surface area contributed by atoms with Gasteiger partial charge in [-0.1, -0.05) is 95.2 Å². The van der Waals surface area contributed by atoms with Crippen LogP contribution in [0.25, 0.3) is 0 Å². The molecule has 6 unspecified atom stereocenters. The summed E-state index contributed by atoms with van der Waals surface area (Å²) in [5, 5.41) is 0.588. The molecule has 3 fully saturated rings. The van der Waals surface area contributed by atoms with Gasteiger partial charge in [-0.05, 0) is 120 Å². The second-order valence-corrected chi connectivity index (χ2v) is 17.2. The molecule has 2 heteroatoms. The number of allylic oxidation sites excluding steroid dienone is 3. The van der Waals surface area contributed by atoms with Crippen LogP contribution in [0.1, 0.15) is 141 Å². The minimum absolute atomic E-state index is 0.208. The van der Waals surface area contributed by atoms with Crippen molar-refractivity contribution in [3.8, 4) is 0 Å². The van der Waals surface area contributed by atoms with Gasteiger partial charge in [0.15, 0.2) is 0 Å². The Bertz CT molecular complexity index is 830. The van der Waals surface area contributed by atoms with Gasteiger partial charge in [0.1, 0.15) is 6.29 Å². The van der Waals surface area contributed by atoms with Crippen LogP contribution in [-0.4, -0.2) is 11.5 Å². The normalized spacial score (nSPS) is 35.7. The van der Waals surface area contributed by atoms with E-state index in [0.29, 0.717) is 39.2 Å². The molecule has 0 heterocycles. The number of fused-ring (bicyclic) bond motifs is 1. The largest absolute Gasteiger partial charge is 0.299 e. The topological polar surface area (TPSA) is 17.1 Å². The Labute approximate surface area is 242 Å². The van der Waals surface area contributed by atoms with E-state index in [0.717, 1.165) is 18.1 Å². The fourth-order valence-electron chi connectivity index (χ4n) is 8.87. The van der Waals surface area contributed by atoms with Gasteiger partial charge in [-0.15, -0.1) is 11.8 Å². The van der Waals surface area contributed by atoms with Crippen molar-refractivity contribution in [1.29, 1.82) is 0 Å². The van der Waals surface area contributed by atoms with Crippen LogP contribution in [-0.2, 0) is 4.79 Å². The summed E-state index contributed by atoms with van der Waals surface area (Å²) < 4.78 is 0. The zero-order valence-electron chi connectivity index (χ0n) is 27.5. The molecule has 0 aliphatic heterocycles. The van der Waals surface area contributed by atoms with Crippen LogP contribution >= 0.6 is 11.8 Å². The second kappa shape index (κ2) is 13.0. The van der Waals surface area contributed by atoms with E-state index in [1.54, 1.807) is 0 Å². The predicted octanol–water partition coefficient (Wildman–Crippen LogP) is 11.5. The summed E-state index contributed by atoms with van der Waals surface area (Å²) in [5.74, 6) is 3.15. The Morgan fingerprint density at radius 2 is 1.66 bits per heavy atom. The quantitative estimate of drug-likeness (QED) is 0.223. The van der Waals surface area contributed by atoms with E-state index in [4.69, 9.17) is 0 Å². The third-order valence-corrected chi connectivity index (χ3v) is 12.8. The van der Waals surface area contributed by atoms with Gasteiger partial charge >= 0.3 is 0 Å². The van der Waals surface area contributed by atoms with E-state index < -0.39 is 0 Å². The maximum atomic E-state index is 12.0. The van der Waals surface area contributed by atoms with Crippen LogP contribution in [0, 0.1) is 51.2 Å². The number of carbonyl (C=O) groups is 1. The monoisotopic (exact) mass is 544 g/mol. The molecule has 6 atom stereocenters. The number of rotatable bonds is 8. The summed E-state index contributed by atoms with van der Waals surface area (Å²) in [7, 11) is 0. The number of carbonyl (C=O) groups excluding carboxylic acids is 1. The molecule has 3 aliphatic carbocycles. The van der Waals surface area contributed by atoms with E-state index in [1.165, 1.54) is 68.3 Å². The first-order valence-electron chi connectivity index (χ1n) is 16.1. The minimum atomic E-state index is 0.208.